The van der Waals surface area contributed by atoms with Crippen LogP contribution in [0, 0.1) is 0 Å². The second kappa shape index (κ2) is 9.80. The van der Waals surface area contributed by atoms with Crippen molar-refractivity contribution in [2.75, 3.05) is 11.1 Å². The van der Waals surface area contributed by atoms with Crippen LogP contribution < -0.4 is 10.1 Å². The molecule has 150 valence electrons. The van der Waals surface area contributed by atoms with Gasteiger partial charge in [-0.05, 0) is 29.8 Å². The zero-order chi connectivity index (χ0) is 20.6. The predicted octanol–water partition coefficient (Wildman–Crippen LogP) is 5.45. The van der Waals surface area contributed by atoms with E-state index in [4.69, 9.17) is 4.74 Å². The lowest BCUT2D eigenvalue weighted by atomic mass is 10.2. The maximum Gasteiger partial charge on any atom is 0.234 e. The van der Waals surface area contributed by atoms with E-state index >= 15 is 0 Å². The lowest BCUT2D eigenvalue weighted by Gasteiger charge is -2.12. The Hall–Kier alpha value is -3.51. The number of hydrogen-bond acceptors (Lipinski definition) is 4. The van der Waals surface area contributed by atoms with Crippen molar-refractivity contribution in [2.45, 2.75) is 11.7 Å². The number of carbonyl (C=O) groups excluding carboxylic acids is 1. The van der Waals surface area contributed by atoms with Gasteiger partial charge in [-0.25, -0.2) is 4.98 Å². The van der Waals surface area contributed by atoms with E-state index in [1.165, 1.54) is 17.3 Å². The molecule has 0 aliphatic rings. The highest BCUT2D eigenvalue weighted by atomic mass is 32.2. The van der Waals surface area contributed by atoms with Gasteiger partial charge in [-0.2, -0.15) is 0 Å². The van der Waals surface area contributed by atoms with Crippen LogP contribution in [0.3, 0.4) is 0 Å². The number of hydrogen-bond donors (Lipinski definition) is 1. The number of amides is 1. The van der Waals surface area contributed by atoms with Gasteiger partial charge in [0.2, 0.25) is 5.91 Å². The van der Waals surface area contributed by atoms with Gasteiger partial charge in [0.1, 0.15) is 5.75 Å². The van der Waals surface area contributed by atoms with Crippen LogP contribution in [0.5, 0.6) is 11.5 Å². The summed E-state index contributed by atoms with van der Waals surface area (Å²) in [6.07, 6.45) is 3.68. The van der Waals surface area contributed by atoms with E-state index in [0.29, 0.717) is 11.4 Å². The monoisotopic (exact) mass is 415 g/mol. The summed E-state index contributed by atoms with van der Waals surface area (Å²) >= 11 is 1.41. The minimum Gasteiger partial charge on any atom is -0.455 e. The average Bonchev–Trinajstić information content (AvgIpc) is 3.22. The molecule has 0 radical (unpaired) electrons. The SMILES string of the molecule is O=C(CSc1nccn1Cc1ccccc1)Nc1ccccc1Oc1ccccc1. The quantitative estimate of drug-likeness (QED) is 0.389. The Bertz CT molecular complexity index is 1100. The second-order valence-corrected chi connectivity index (χ2v) is 7.51. The van der Waals surface area contributed by atoms with Gasteiger partial charge in [0.05, 0.1) is 11.4 Å². The third kappa shape index (κ3) is 5.30. The maximum absolute atomic E-state index is 12.6. The van der Waals surface area contributed by atoms with Crippen molar-refractivity contribution >= 4 is 23.4 Å². The molecule has 0 saturated carbocycles. The fourth-order valence-electron chi connectivity index (χ4n) is 2.93. The first-order valence-corrected chi connectivity index (χ1v) is 10.6. The van der Waals surface area contributed by atoms with Crippen LogP contribution in [-0.4, -0.2) is 21.2 Å². The van der Waals surface area contributed by atoms with Crippen LogP contribution in [0.4, 0.5) is 5.69 Å². The summed E-state index contributed by atoms with van der Waals surface area (Å²) in [5.74, 6) is 1.47. The summed E-state index contributed by atoms with van der Waals surface area (Å²) in [7, 11) is 0. The van der Waals surface area contributed by atoms with Gasteiger partial charge in [0.25, 0.3) is 0 Å². The van der Waals surface area contributed by atoms with Crippen LogP contribution in [0.25, 0.3) is 0 Å². The molecule has 0 aliphatic carbocycles. The Balaban J connectivity index is 1.37. The molecule has 4 rings (SSSR count). The van der Waals surface area contributed by atoms with Gasteiger partial charge < -0.3 is 14.6 Å². The van der Waals surface area contributed by atoms with Crippen LogP contribution in [-0.2, 0) is 11.3 Å². The Morgan fingerprint density at radius 3 is 2.43 bits per heavy atom. The Morgan fingerprint density at radius 2 is 1.63 bits per heavy atom. The summed E-state index contributed by atoms with van der Waals surface area (Å²) in [5.41, 5.74) is 1.83. The van der Waals surface area contributed by atoms with Gasteiger partial charge >= 0.3 is 0 Å². The molecule has 0 saturated heterocycles. The van der Waals surface area contributed by atoms with Gasteiger partial charge in [0, 0.05) is 18.9 Å². The van der Waals surface area contributed by atoms with E-state index in [9.17, 15) is 4.79 Å². The third-order valence-corrected chi connectivity index (χ3v) is 5.34. The van der Waals surface area contributed by atoms with Crippen molar-refractivity contribution in [3.63, 3.8) is 0 Å². The number of rotatable bonds is 8. The van der Waals surface area contributed by atoms with Crippen LogP contribution in [0.1, 0.15) is 5.56 Å². The van der Waals surface area contributed by atoms with Crippen molar-refractivity contribution in [3.8, 4) is 11.5 Å². The average molecular weight is 416 g/mol. The molecule has 1 heterocycles. The molecule has 30 heavy (non-hydrogen) atoms. The van der Waals surface area contributed by atoms with E-state index in [2.05, 4.69) is 22.4 Å². The Kier molecular flexibility index (Phi) is 6.47. The van der Waals surface area contributed by atoms with Crippen molar-refractivity contribution in [3.05, 3.63) is 103 Å². The van der Waals surface area contributed by atoms with Crippen molar-refractivity contribution in [1.82, 2.24) is 9.55 Å². The molecule has 0 fully saturated rings. The zero-order valence-electron chi connectivity index (χ0n) is 16.3. The third-order valence-electron chi connectivity index (χ3n) is 4.34. The van der Waals surface area contributed by atoms with Gasteiger partial charge in [-0.1, -0.05) is 72.4 Å². The molecule has 1 amide bonds. The van der Waals surface area contributed by atoms with E-state index in [-0.39, 0.29) is 11.7 Å². The maximum atomic E-state index is 12.6. The molecule has 0 bridgehead atoms. The number of aromatic nitrogens is 2. The minimum absolute atomic E-state index is 0.113. The topological polar surface area (TPSA) is 56.2 Å². The van der Waals surface area contributed by atoms with E-state index in [1.807, 2.05) is 83.6 Å². The summed E-state index contributed by atoms with van der Waals surface area (Å²) < 4.78 is 7.95. The Morgan fingerprint density at radius 1 is 0.933 bits per heavy atom. The Labute approximate surface area is 179 Å². The largest absolute Gasteiger partial charge is 0.455 e. The molecule has 0 aliphatic heterocycles. The lowest BCUT2D eigenvalue weighted by molar-refractivity contribution is -0.113. The molecule has 0 unspecified atom stereocenters. The number of imidazole rings is 1. The van der Waals surface area contributed by atoms with E-state index in [0.717, 1.165) is 17.5 Å². The normalized spacial score (nSPS) is 10.5. The number of benzene rings is 3. The standard InChI is InChI=1S/C24H21N3O2S/c28-23(18-30-24-25-15-16-27(24)17-19-9-3-1-4-10-19)26-21-13-7-8-14-22(21)29-20-11-5-2-6-12-20/h1-16H,17-18H2,(H,26,28). The molecular formula is C24H21N3O2S. The summed E-state index contributed by atoms with van der Waals surface area (Å²) in [5, 5.41) is 3.75. The van der Waals surface area contributed by atoms with Gasteiger partial charge in [-0.15, -0.1) is 0 Å². The molecule has 0 atom stereocenters. The molecule has 0 spiro atoms. The number of thioether (sulfide) groups is 1. The van der Waals surface area contributed by atoms with Crippen LogP contribution in [0.2, 0.25) is 0 Å². The lowest BCUT2D eigenvalue weighted by Crippen LogP contribution is -2.15. The number of nitrogens with zero attached hydrogens (tertiary/aromatic N) is 2. The summed E-state index contributed by atoms with van der Waals surface area (Å²) in [6.45, 7) is 0.721. The first-order chi connectivity index (χ1) is 14.8. The van der Waals surface area contributed by atoms with Crippen LogP contribution >= 0.6 is 11.8 Å². The van der Waals surface area contributed by atoms with Gasteiger partial charge in [-0.3, -0.25) is 4.79 Å². The molecule has 1 aromatic heterocycles. The number of carbonyl (C=O) groups is 1. The molecule has 3 aromatic carbocycles. The van der Waals surface area contributed by atoms with Gasteiger partial charge in [0.15, 0.2) is 10.9 Å². The fourth-order valence-corrected chi connectivity index (χ4v) is 3.69. The highest BCUT2D eigenvalue weighted by Gasteiger charge is 2.11. The van der Waals surface area contributed by atoms with Crippen molar-refractivity contribution in [1.29, 1.82) is 0 Å². The number of para-hydroxylation sites is 3. The molecule has 1 N–H and O–H groups in total. The van der Waals surface area contributed by atoms with Crippen LogP contribution in [0.15, 0.2) is 102 Å². The predicted molar refractivity (Wildman–Crippen MR) is 120 cm³/mol. The van der Waals surface area contributed by atoms with Crippen molar-refractivity contribution in [2.24, 2.45) is 0 Å². The molecule has 6 heteroatoms. The number of nitrogens with one attached hydrogen (secondary N) is 1. The minimum atomic E-state index is -0.113. The smallest absolute Gasteiger partial charge is 0.234 e. The van der Waals surface area contributed by atoms with E-state index < -0.39 is 0 Å². The number of anilines is 1. The van der Waals surface area contributed by atoms with Crippen molar-refractivity contribution < 1.29 is 9.53 Å². The second-order valence-electron chi connectivity index (χ2n) is 6.57. The zero-order valence-corrected chi connectivity index (χ0v) is 17.1. The summed E-state index contributed by atoms with van der Waals surface area (Å²) in [6, 6.07) is 27.1. The molecular weight excluding hydrogens is 394 g/mol. The van der Waals surface area contributed by atoms with E-state index in [1.54, 1.807) is 6.20 Å². The fraction of sp³-hybridized carbons (Fsp3) is 0.0833. The number of ether oxygens (including phenoxy) is 1. The summed E-state index contributed by atoms with van der Waals surface area (Å²) in [4.78, 5) is 16.9. The first-order valence-electron chi connectivity index (χ1n) is 9.57. The highest BCUT2D eigenvalue weighted by Crippen LogP contribution is 2.29. The molecule has 4 aromatic rings. The molecule has 5 nitrogen and oxygen atoms in total. The highest BCUT2D eigenvalue weighted by molar-refractivity contribution is 7.99. The first kappa shape index (κ1) is 19.8.